The molecule has 1 aromatic carbocycles. The van der Waals surface area contributed by atoms with Gasteiger partial charge < -0.3 is 10.2 Å². The molecule has 0 radical (unpaired) electrons. The van der Waals surface area contributed by atoms with Crippen LogP contribution >= 0.6 is 0 Å². The average molecular weight is 313 g/mol. The molecule has 0 spiro atoms. The van der Waals surface area contributed by atoms with Gasteiger partial charge >= 0.3 is 0 Å². The van der Waals surface area contributed by atoms with Crippen molar-refractivity contribution in [3.8, 4) is 6.07 Å². The van der Waals surface area contributed by atoms with Crippen molar-refractivity contribution in [3.05, 3.63) is 29.3 Å². The van der Waals surface area contributed by atoms with E-state index in [0.29, 0.717) is 17.7 Å². The van der Waals surface area contributed by atoms with Crippen molar-refractivity contribution in [2.75, 3.05) is 18.0 Å². The molecule has 5 nitrogen and oxygen atoms in total. The van der Waals surface area contributed by atoms with E-state index in [2.05, 4.69) is 16.3 Å². The molecule has 1 unspecified atom stereocenters. The van der Waals surface area contributed by atoms with E-state index < -0.39 is 0 Å². The molecular formula is C18H23N3O2. The van der Waals surface area contributed by atoms with Gasteiger partial charge in [-0.05, 0) is 38.0 Å². The molecule has 1 atom stereocenters. The van der Waals surface area contributed by atoms with E-state index in [4.69, 9.17) is 0 Å². The zero-order valence-electron chi connectivity index (χ0n) is 13.9. The first-order valence-corrected chi connectivity index (χ1v) is 8.02. The highest BCUT2D eigenvalue weighted by Crippen LogP contribution is 2.25. The summed E-state index contributed by atoms with van der Waals surface area (Å²) in [4.78, 5) is 25.6. The fourth-order valence-corrected chi connectivity index (χ4v) is 2.79. The van der Waals surface area contributed by atoms with Crippen LogP contribution in [-0.2, 0) is 4.79 Å². The molecule has 1 N–H and O–H groups in total. The van der Waals surface area contributed by atoms with Crippen LogP contribution in [0.15, 0.2) is 18.2 Å². The number of nitriles is 1. The van der Waals surface area contributed by atoms with Gasteiger partial charge in [0.05, 0.1) is 11.3 Å². The summed E-state index contributed by atoms with van der Waals surface area (Å²) in [6.45, 7) is 6.76. The molecule has 2 rings (SSSR count). The van der Waals surface area contributed by atoms with Crippen LogP contribution in [0.1, 0.15) is 49.5 Å². The fraction of sp³-hybridized carbons (Fsp3) is 0.500. The minimum atomic E-state index is -0.0407. The standard InChI is InChI=1S/C18H23N3O2/c1-12(2)18(23)20-16-5-4-8-21(11-16)17-9-14(13(3)22)6-7-15(17)10-19/h6-7,9,12,16H,4-5,8,11H2,1-3H3,(H,20,23). The lowest BCUT2D eigenvalue weighted by Gasteiger charge is -2.35. The van der Waals surface area contributed by atoms with Crippen LogP contribution in [0.4, 0.5) is 5.69 Å². The molecule has 5 heteroatoms. The van der Waals surface area contributed by atoms with Crippen molar-refractivity contribution in [1.29, 1.82) is 5.26 Å². The molecule has 122 valence electrons. The maximum absolute atomic E-state index is 11.9. The van der Waals surface area contributed by atoms with Gasteiger partial charge in [-0.25, -0.2) is 0 Å². The number of anilines is 1. The first-order chi connectivity index (χ1) is 10.9. The van der Waals surface area contributed by atoms with Gasteiger partial charge in [-0.2, -0.15) is 5.26 Å². The Balaban J connectivity index is 2.20. The number of rotatable bonds is 4. The molecule has 0 bridgehead atoms. The Morgan fingerprint density at radius 1 is 1.39 bits per heavy atom. The van der Waals surface area contributed by atoms with Gasteiger partial charge in [-0.15, -0.1) is 0 Å². The van der Waals surface area contributed by atoms with E-state index in [-0.39, 0.29) is 23.7 Å². The van der Waals surface area contributed by atoms with E-state index in [1.54, 1.807) is 18.2 Å². The first kappa shape index (κ1) is 17.0. The third-order valence-electron chi connectivity index (χ3n) is 4.16. The predicted molar refractivity (Wildman–Crippen MR) is 89.4 cm³/mol. The Morgan fingerprint density at radius 2 is 2.13 bits per heavy atom. The van der Waals surface area contributed by atoms with Crippen molar-refractivity contribution < 1.29 is 9.59 Å². The number of ketones is 1. The lowest BCUT2D eigenvalue weighted by molar-refractivity contribution is -0.124. The zero-order chi connectivity index (χ0) is 17.0. The van der Waals surface area contributed by atoms with Crippen LogP contribution in [0, 0.1) is 17.2 Å². The molecule has 0 saturated carbocycles. The summed E-state index contributed by atoms with van der Waals surface area (Å²) in [5.74, 6) is -0.00617. The summed E-state index contributed by atoms with van der Waals surface area (Å²) in [6.07, 6.45) is 1.88. The number of carbonyl (C=O) groups excluding carboxylic acids is 2. The molecule has 0 aromatic heterocycles. The maximum Gasteiger partial charge on any atom is 0.222 e. The second kappa shape index (κ2) is 7.28. The number of nitrogens with one attached hydrogen (secondary N) is 1. The Morgan fingerprint density at radius 3 is 2.74 bits per heavy atom. The number of hydrogen-bond donors (Lipinski definition) is 1. The molecule has 1 amide bonds. The van der Waals surface area contributed by atoms with E-state index in [1.165, 1.54) is 6.92 Å². The SMILES string of the molecule is CC(=O)c1ccc(C#N)c(N2CCCC(NC(=O)C(C)C)C2)c1. The van der Waals surface area contributed by atoms with Crippen molar-refractivity contribution in [1.82, 2.24) is 5.32 Å². The molecular weight excluding hydrogens is 290 g/mol. The normalized spacial score (nSPS) is 17.7. The fourth-order valence-electron chi connectivity index (χ4n) is 2.79. The van der Waals surface area contributed by atoms with Crippen molar-refractivity contribution in [3.63, 3.8) is 0 Å². The quantitative estimate of drug-likeness (QED) is 0.867. The monoisotopic (exact) mass is 313 g/mol. The molecule has 1 aliphatic heterocycles. The minimum absolute atomic E-state index is 0.0163. The van der Waals surface area contributed by atoms with Crippen molar-refractivity contribution in [2.24, 2.45) is 5.92 Å². The topological polar surface area (TPSA) is 73.2 Å². The molecule has 1 heterocycles. The second-order valence-corrected chi connectivity index (χ2v) is 6.35. The van der Waals surface area contributed by atoms with Gasteiger partial charge in [0.2, 0.25) is 5.91 Å². The van der Waals surface area contributed by atoms with Crippen LogP contribution in [0.25, 0.3) is 0 Å². The highest BCUT2D eigenvalue weighted by atomic mass is 16.2. The third-order valence-corrected chi connectivity index (χ3v) is 4.16. The summed E-state index contributed by atoms with van der Waals surface area (Å²) in [6, 6.07) is 7.44. The highest BCUT2D eigenvalue weighted by Gasteiger charge is 2.24. The number of carbonyl (C=O) groups is 2. The molecule has 1 fully saturated rings. The lowest BCUT2D eigenvalue weighted by Crippen LogP contribution is -2.49. The van der Waals surface area contributed by atoms with Crippen LogP contribution in [0.5, 0.6) is 0 Å². The van der Waals surface area contributed by atoms with Gasteiger partial charge in [0.15, 0.2) is 5.78 Å². The molecule has 1 aliphatic rings. The number of Topliss-reactive ketones (excluding diaryl/α,β-unsaturated/α-hetero) is 1. The summed E-state index contributed by atoms with van der Waals surface area (Å²) in [5.41, 5.74) is 1.95. The number of piperidine rings is 1. The smallest absolute Gasteiger partial charge is 0.222 e. The number of hydrogen-bond acceptors (Lipinski definition) is 4. The average Bonchev–Trinajstić information content (AvgIpc) is 2.54. The Hall–Kier alpha value is -2.35. The summed E-state index contributed by atoms with van der Waals surface area (Å²) in [7, 11) is 0. The largest absolute Gasteiger partial charge is 0.368 e. The predicted octanol–water partition coefficient (Wildman–Crippen LogP) is 2.50. The molecule has 1 aromatic rings. The summed E-state index contributed by atoms with van der Waals surface area (Å²) >= 11 is 0. The summed E-state index contributed by atoms with van der Waals surface area (Å²) < 4.78 is 0. The Labute approximate surface area is 137 Å². The number of nitrogens with zero attached hydrogens (tertiary/aromatic N) is 2. The van der Waals surface area contributed by atoms with Crippen LogP contribution in [-0.4, -0.2) is 30.8 Å². The van der Waals surface area contributed by atoms with Gasteiger partial charge in [0.1, 0.15) is 6.07 Å². The van der Waals surface area contributed by atoms with Gasteiger partial charge in [0, 0.05) is 30.6 Å². The van der Waals surface area contributed by atoms with Gasteiger partial charge in [-0.1, -0.05) is 13.8 Å². The number of benzene rings is 1. The minimum Gasteiger partial charge on any atom is -0.368 e. The lowest BCUT2D eigenvalue weighted by atomic mass is 10.0. The van der Waals surface area contributed by atoms with E-state index in [1.807, 2.05) is 13.8 Å². The molecule has 23 heavy (non-hydrogen) atoms. The maximum atomic E-state index is 11.9. The molecule has 0 aliphatic carbocycles. The third kappa shape index (κ3) is 4.10. The molecule has 1 saturated heterocycles. The van der Waals surface area contributed by atoms with Gasteiger partial charge in [-0.3, -0.25) is 9.59 Å². The highest BCUT2D eigenvalue weighted by molar-refractivity contribution is 5.95. The van der Waals surface area contributed by atoms with Crippen LogP contribution < -0.4 is 10.2 Å². The van der Waals surface area contributed by atoms with Crippen LogP contribution in [0.3, 0.4) is 0 Å². The zero-order valence-corrected chi connectivity index (χ0v) is 13.9. The van der Waals surface area contributed by atoms with Crippen LogP contribution in [0.2, 0.25) is 0 Å². The Kier molecular flexibility index (Phi) is 5.38. The second-order valence-electron chi connectivity index (χ2n) is 6.35. The number of amides is 1. The summed E-state index contributed by atoms with van der Waals surface area (Å²) in [5, 5.41) is 12.4. The Bertz CT molecular complexity index is 646. The van der Waals surface area contributed by atoms with Crippen molar-refractivity contribution >= 4 is 17.4 Å². The van der Waals surface area contributed by atoms with E-state index >= 15 is 0 Å². The van der Waals surface area contributed by atoms with E-state index in [0.717, 1.165) is 25.1 Å². The van der Waals surface area contributed by atoms with E-state index in [9.17, 15) is 14.9 Å². The first-order valence-electron chi connectivity index (χ1n) is 8.02. The van der Waals surface area contributed by atoms with Gasteiger partial charge in [0.25, 0.3) is 0 Å². The van der Waals surface area contributed by atoms with Crippen molar-refractivity contribution in [2.45, 2.75) is 39.7 Å².